The number of nitrogens with one attached hydrogen (secondary N) is 2. The van der Waals surface area contributed by atoms with Crippen LogP contribution in [0.1, 0.15) is 13.3 Å². The van der Waals surface area contributed by atoms with E-state index in [-0.39, 0.29) is 24.9 Å². The van der Waals surface area contributed by atoms with Crippen molar-refractivity contribution in [2.75, 3.05) is 19.6 Å². The first-order chi connectivity index (χ1) is 6.63. The van der Waals surface area contributed by atoms with Crippen LogP contribution in [0.3, 0.4) is 0 Å². The van der Waals surface area contributed by atoms with E-state index in [4.69, 9.17) is 12.2 Å². The first-order valence-corrected chi connectivity index (χ1v) is 4.89. The van der Waals surface area contributed by atoms with Crippen molar-refractivity contribution in [2.45, 2.75) is 13.3 Å². The van der Waals surface area contributed by atoms with Crippen molar-refractivity contribution in [3.8, 4) is 0 Å². The summed E-state index contributed by atoms with van der Waals surface area (Å²) in [6.45, 7) is 3.08. The quantitative estimate of drug-likeness (QED) is 0.468. The van der Waals surface area contributed by atoms with Gasteiger partial charge in [0.25, 0.3) is 0 Å². The van der Waals surface area contributed by atoms with Crippen LogP contribution in [-0.4, -0.2) is 41.5 Å². The second-order valence-corrected chi connectivity index (χ2v) is 3.45. The highest BCUT2D eigenvalue weighted by Crippen LogP contribution is 1.95. The standard InChI is InChI=1S/C8H13N3O2S/c1-2-3-9-8(14)11-4-6(12)10-7(13)5-11/h2-5H2,1H3,(H,9,14)(H,10,12,13). The van der Waals surface area contributed by atoms with Gasteiger partial charge in [0.2, 0.25) is 11.8 Å². The van der Waals surface area contributed by atoms with Crippen molar-refractivity contribution >= 4 is 29.1 Å². The highest BCUT2D eigenvalue weighted by molar-refractivity contribution is 7.80. The van der Waals surface area contributed by atoms with Crippen LogP contribution >= 0.6 is 12.2 Å². The lowest BCUT2D eigenvalue weighted by Crippen LogP contribution is -2.55. The van der Waals surface area contributed by atoms with E-state index in [1.54, 1.807) is 4.90 Å². The van der Waals surface area contributed by atoms with Gasteiger partial charge in [-0.2, -0.15) is 0 Å². The SMILES string of the molecule is CCCNC(=S)N1CC(=O)NC(=O)C1. The summed E-state index contributed by atoms with van der Waals surface area (Å²) in [6, 6.07) is 0. The number of amides is 2. The van der Waals surface area contributed by atoms with Crippen LogP contribution in [0, 0.1) is 0 Å². The average molecular weight is 215 g/mol. The zero-order valence-corrected chi connectivity index (χ0v) is 8.82. The minimum Gasteiger partial charge on any atom is -0.363 e. The molecule has 0 spiro atoms. The predicted octanol–water partition coefficient (Wildman–Crippen LogP) is -0.771. The van der Waals surface area contributed by atoms with Crippen LogP contribution in [0.4, 0.5) is 0 Å². The molecule has 1 heterocycles. The molecular weight excluding hydrogens is 202 g/mol. The number of nitrogens with zero attached hydrogens (tertiary/aromatic N) is 1. The summed E-state index contributed by atoms with van der Waals surface area (Å²) < 4.78 is 0. The third-order valence-electron chi connectivity index (χ3n) is 1.76. The largest absolute Gasteiger partial charge is 0.363 e. The molecule has 1 aliphatic heterocycles. The molecule has 78 valence electrons. The van der Waals surface area contributed by atoms with Crippen LogP contribution in [0.25, 0.3) is 0 Å². The van der Waals surface area contributed by atoms with Crippen molar-refractivity contribution in [3.63, 3.8) is 0 Å². The maximum atomic E-state index is 11.0. The van der Waals surface area contributed by atoms with E-state index in [0.717, 1.165) is 13.0 Å². The molecule has 6 heteroatoms. The summed E-state index contributed by atoms with van der Waals surface area (Å²) in [5, 5.41) is 5.65. The normalized spacial score (nSPS) is 16.5. The molecule has 1 saturated heterocycles. The van der Waals surface area contributed by atoms with Gasteiger partial charge in [-0.15, -0.1) is 0 Å². The number of rotatable bonds is 2. The van der Waals surface area contributed by atoms with Crippen LogP contribution in [0.5, 0.6) is 0 Å². The third-order valence-corrected chi connectivity index (χ3v) is 2.16. The molecule has 1 aliphatic rings. The van der Waals surface area contributed by atoms with E-state index in [9.17, 15) is 9.59 Å². The topological polar surface area (TPSA) is 61.4 Å². The molecule has 0 radical (unpaired) electrons. The molecule has 0 saturated carbocycles. The maximum Gasteiger partial charge on any atom is 0.246 e. The molecule has 14 heavy (non-hydrogen) atoms. The van der Waals surface area contributed by atoms with Crippen LogP contribution in [0.2, 0.25) is 0 Å². The summed E-state index contributed by atoms with van der Waals surface area (Å²) in [5.74, 6) is -0.608. The molecule has 2 N–H and O–H groups in total. The molecule has 2 amide bonds. The molecule has 1 fully saturated rings. The van der Waals surface area contributed by atoms with Crippen LogP contribution in [0.15, 0.2) is 0 Å². The molecule has 0 aliphatic carbocycles. The Hall–Kier alpha value is -1.17. The summed E-state index contributed by atoms with van der Waals surface area (Å²) in [7, 11) is 0. The summed E-state index contributed by atoms with van der Waals surface area (Å²) in [5.41, 5.74) is 0. The summed E-state index contributed by atoms with van der Waals surface area (Å²) >= 11 is 5.03. The average Bonchev–Trinajstić information content (AvgIpc) is 2.12. The number of carbonyl (C=O) groups excluding carboxylic acids is 2. The monoisotopic (exact) mass is 215 g/mol. The van der Waals surface area contributed by atoms with Gasteiger partial charge in [-0.05, 0) is 18.6 Å². The van der Waals surface area contributed by atoms with E-state index in [1.807, 2.05) is 6.92 Å². The lowest BCUT2D eigenvalue weighted by atomic mass is 10.3. The Morgan fingerprint density at radius 3 is 2.57 bits per heavy atom. The zero-order valence-electron chi connectivity index (χ0n) is 8.00. The Bertz CT molecular complexity index is 251. The number of imide groups is 1. The van der Waals surface area contributed by atoms with Crippen molar-refractivity contribution in [1.29, 1.82) is 0 Å². The summed E-state index contributed by atoms with van der Waals surface area (Å²) in [6.07, 6.45) is 0.953. The second-order valence-electron chi connectivity index (χ2n) is 3.06. The van der Waals surface area contributed by atoms with Gasteiger partial charge in [-0.25, -0.2) is 0 Å². The maximum absolute atomic E-state index is 11.0. The predicted molar refractivity (Wildman–Crippen MR) is 55.6 cm³/mol. The van der Waals surface area contributed by atoms with Crippen LogP contribution < -0.4 is 10.6 Å². The molecule has 0 aromatic carbocycles. The smallest absolute Gasteiger partial charge is 0.246 e. The molecule has 0 bridgehead atoms. The molecule has 0 atom stereocenters. The lowest BCUT2D eigenvalue weighted by Gasteiger charge is -2.27. The molecule has 1 rings (SSSR count). The number of thiocarbonyl (C=S) groups is 1. The van der Waals surface area contributed by atoms with Gasteiger partial charge in [0.15, 0.2) is 5.11 Å². The van der Waals surface area contributed by atoms with Gasteiger partial charge in [0.05, 0.1) is 13.1 Å². The van der Waals surface area contributed by atoms with Gasteiger partial charge in [-0.3, -0.25) is 14.9 Å². The Morgan fingerprint density at radius 1 is 1.50 bits per heavy atom. The van der Waals surface area contributed by atoms with E-state index in [2.05, 4.69) is 10.6 Å². The number of hydrogen-bond donors (Lipinski definition) is 2. The number of piperazine rings is 1. The first kappa shape index (κ1) is 10.9. The Kier molecular flexibility index (Phi) is 3.82. The van der Waals surface area contributed by atoms with Gasteiger partial charge in [0.1, 0.15) is 0 Å². The molecular formula is C8H13N3O2S. The Balaban J connectivity index is 2.46. The fourth-order valence-corrected chi connectivity index (χ4v) is 1.36. The zero-order chi connectivity index (χ0) is 10.6. The minimum absolute atomic E-state index is 0.154. The van der Waals surface area contributed by atoms with Crippen LogP contribution in [-0.2, 0) is 9.59 Å². The lowest BCUT2D eigenvalue weighted by molar-refractivity contribution is -0.134. The molecule has 0 aromatic heterocycles. The van der Waals surface area contributed by atoms with Crippen molar-refractivity contribution in [1.82, 2.24) is 15.5 Å². The minimum atomic E-state index is -0.304. The highest BCUT2D eigenvalue weighted by Gasteiger charge is 2.23. The molecule has 0 unspecified atom stereocenters. The molecule has 0 aromatic rings. The Morgan fingerprint density at radius 2 is 2.07 bits per heavy atom. The second kappa shape index (κ2) is 4.90. The first-order valence-electron chi connectivity index (χ1n) is 4.49. The number of hydrogen-bond acceptors (Lipinski definition) is 3. The third kappa shape index (κ3) is 2.95. The van der Waals surface area contributed by atoms with Gasteiger partial charge >= 0.3 is 0 Å². The Labute approximate surface area is 87.8 Å². The van der Waals surface area contributed by atoms with E-state index in [1.165, 1.54) is 0 Å². The van der Waals surface area contributed by atoms with E-state index in [0.29, 0.717) is 5.11 Å². The van der Waals surface area contributed by atoms with E-state index < -0.39 is 0 Å². The van der Waals surface area contributed by atoms with Crippen molar-refractivity contribution < 1.29 is 9.59 Å². The van der Waals surface area contributed by atoms with Crippen molar-refractivity contribution in [2.24, 2.45) is 0 Å². The van der Waals surface area contributed by atoms with E-state index >= 15 is 0 Å². The van der Waals surface area contributed by atoms with Gasteiger partial charge < -0.3 is 10.2 Å². The fraction of sp³-hybridized carbons (Fsp3) is 0.625. The molecule has 5 nitrogen and oxygen atoms in total. The van der Waals surface area contributed by atoms with Gasteiger partial charge in [-0.1, -0.05) is 6.92 Å². The van der Waals surface area contributed by atoms with Crippen molar-refractivity contribution in [3.05, 3.63) is 0 Å². The van der Waals surface area contributed by atoms with Gasteiger partial charge in [0, 0.05) is 6.54 Å². The highest BCUT2D eigenvalue weighted by atomic mass is 32.1. The summed E-state index contributed by atoms with van der Waals surface area (Å²) in [4.78, 5) is 23.6. The fourth-order valence-electron chi connectivity index (χ4n) is 1.12. The number of carbonyl (C=O) groups is 2.